The van der Waals surface area contributed by atoms with Crippen molar-refractivity contribution in [1.82, 2.24) is 4.98 Å². The fourth-order valence-corrected chi connectivity index (χ4v) is 1.89. The second-order valence-corrected chi connectivity index (χ2v) is 4.65. The van der Waals surface area contributed by atoms with Gasteiger partial charge in [0.05, 0.1) is 6.20 Å². The Labute approximate surface area is 113 Å². The molecule has 1 heterocycles. The number of halogens is 2. The molecular weight excluding hydrogens is 299 g/mol. The van der Waals surface area contributed by atoms with E-state index in [9.17, 15) is 4.39 Å². The van der Waals surface area contributed by atoms with E-state index in [0.717, 1.165) is 10.0 Å². The highest BCUT2D eigenvalue weighted by Crippen LogP contribution is 2.23. The van der Waals surface area contributed by atoms with Gasteiger partial charge in [-0.2, -0.15) is 0 Å². The predicted octanol–water partition coefficient (Wildman–Crippen LogP) is 3.06. The van der Waals surface area contributed by atoms with Gasteiger partial charge in [-0.05, 0) is 39.7 Å². The standard InChI is InChI=1S/C13H12BrFN2O/c14-10-5-12(8-17-7-10)18-13(6-16)9-1-3-11(15)4-2-9/h1-5,7-8,13H,6,16H2. The molecule has 0 amide bonds. The van der Waals surface area contributed by atoms with Crippen LogP contribution in [0.25, 0.3) is 0 Å². The largest absolute Gasteiger partial charge is 0.483 e. The van der Waals surface area contributed by atoms with Gasteiger partial charge in [0.2, 0.25) is 0 Å². The Balaban J connectivity index is 2.17. The maximum Gasteiger partial charge on any atom is 0.139 e. The number of rotatable bonds is 4. The number of nitrogens with two attached hydrogens (primary N) is 1. The zero-order valence-corrected chi connectivity index (χ0v) is 11.1. The van der Waals surface area contributed by atoms with Crippen molar-refractivity contribution in [2.45, 2.75) is 6.10 Å². The molecule has 5 heteroatoms. The van der Waals surface area contributed by atoms with Crippen LogP contribution in [0.4, 0.5) is 4.39 Å². The van der Waals surface area contributed by atoms with Crippen LogP contribution in [0.5, 0.6) is 5.75 Å². The second-order valence-electron chi connectivity index (χ2n) is 3.73. The highest BCUT2D eigenvalue weighted by atomic mass is 79.9. The first-order valence-corrected chi connectivity index (χ1v) is 6.21. The number of aromatic nitrogens is 1. The van der Waals surface area contributed by atoms with Crippen LogP contribution >= 0.6 is 15.9 Å². The van der Waals surface area contributed by atoms with E-state index in [1.807, 2.05) is 0 Å². The van der Waals surface area contributed by atoms with Crippen LogP contribution < -0.4 is 10.5 Å². The van der Waals surface area contributed by atoms with Crippen molar-refractivity contribution in [2.24, 2.45) is 5.73 Å². The van der Waals surface area contributed by atoms with Crippen molar-refractivity contribution in [3.8, 4) is 5.75 Å². The zero-order valence-electron chi connectivity index (χ0n) is 9.51. The summed E-state index contributed by atoms with van der Waals surface area (Å²) in [6, 6.07) is 7.91. The molecule has 2 aromatic rings. The molecule has 1 aromatic carbocycles. The molecule has 1 atom stereocenters. The lowest BCUT2D eigenvalue weighted by Crippen LogP contribution is -2.18. The third kappa shape index (κ3) is 3.27. The van der Waals surface area contributed by atoms with Crippen molar-refractivity contribution in [3.05, 3.63) is 58.6 Å². The van der Waals surface area contributed by atoms with Crippen LogP contribution in [0.15, 0.2) is 47.2 Å². The van der Waals surface area contributed by atoms with E-state index in [1.54, 1.807) is 30.6 Å². The molecule has 0 bridgehead atoms. The van der Waals surface area contributed by atoms with E-state index < -0.39 is 0 Å². The van der Waals surface area contributed by atoms with Crippen LogP contribution in [-0.4, -0.2) is 11.5 Å². The molecule has 2 N–H and O–H groups in total. The smallest absolute Gasteiger partial charge is 0.139 e. The van der Waals surface area contributed by atoms with Gasteiger partial charge in [-0.25, -0.2) is 4.39 Å². The summed E-state index contributed by atoms with van der Waals surface area (Å²) in [6.45, 7) is 0.304. The van der Waals surface area contributed by atoms with Gasteiger partial charge in [0.15, 0.2) is 0 Å². The summed E-state index contributed by atoms with van der Waals surface area (Å²) in [6.07, 6.45) is 2.96. The first kappa shape index (κ1) is 13.0. The van der Waals surface area contributed by atoms with E-state index in [0.29, 0.717) is 12.3 Å². The summed E-state index contributed by atoms with van der Waals surface area (Å²) in [5.74, 6) is 0.336. The molecule has 1 unspecified atom stereocenters. The van der Waals surface area contributed by atoms with Crippen LogP contribution in [0.1, 0.15) is 11.7 Å². The first-order valence-electron chi connectivity index (χ1n) is 5.42. The highest BCUT2D eigenvalue weighted by molar-refractivity contribution is 9.10. The van der Waals surface area contributed by atoms with Gasteiger partial charge in [0, 0.05) is 17.2 Å². The molecule has 94 valence electrons. The van der Waals surface area contributed by atoms with Crippen molar-refractivity contribution in [2.75, 3.05) is 6.54 Å². The molecule has 0 radical (unpaired) electrons. The Morgan fingerprint density at radius 3 is 2.61 bits per heavy atom. The molecule has 0 saturated carbocycles. The van der Waals surface area contributed by atoms with Crippen LogP contribution in [0, 0.1) is 5.82 Å². The lowest BCUT2D eigenvalue weighted by molar-refractivity contribution is 0.213. The minimum Gasteiger partial charge on any atom is -0.483 e. The SMILES string of the molecule is NCC(Oc1cncc(Br)c1)c1ccc(F)cc1. The van der Waals surface area contributed by atoms with Gasteiger partial charge in [-0.3, -0.25) is 4.98 Å². The summed E-state index contributed by atoms with van der Waals surface area (Å²) in [7, 11) is 0. The van der Waals surface area contributed by atoms with Crippen molar-refractivity contribution in [3.63, 3.8) is 0 Å². The van der Waals surface area contributed by atoms with Gasteiger partial charge in [0.1, 0.15) is 17.7 Å². The molecule has 0 saturated heterocycles. The average molecular weight is 311 g/mol. The summed E-state index contributed by atoms with van der Waals surface area (Å²) in [5.41, 5.74) is 6.51. The number of nitrogens with zero attached hydrogens (tertiary/aromatic N) is 1. The van der Waals surface area contributed by atoms with Gasteiger partial charge in [0.25, 0.3) is 0 Å². The molecule has 0 aliphatic heterocycles. The van der Waals surface area contributed by atoms with Crippen molar-refractivity contribution < 1.29 is 9.13 Å². The van der Waals surface area contributed by atoms with Gasteiger partial charge < -0.3 is 10.5 Å². The fraction of sp³-hybridized carbons (Fsp3) is 0.154. The maximum absolute atomic E-state index is 12.8. The van der Waals surface area contributed by atoms with E-state index in [2.05, 4.69) is 20.9 Å². The Kier molecular flexibility index (Phi) is 4.28. The van der Waals surface area contributed by atoms with Crippen molar-refractivity contribution >= 4 is 15.9 Å². The Hall–Kier alpha value is -1.46. The predicted molar refractivity (Wildman–Crippen MR) is 70.8 cm³/mol. The Bertz CT molecular complexity index is 519. The Morgan fingerprint density at radius 2 is 2.00 bits per heavy atom. The van der Waals surface area contributed by atoms with Crippen LogP contribution in [-0.2, 0) is 0 Å². The summed E-state index contributed by atoms with van der Waals surface area (Å²) in [5, 5.41) is 0. The second kappa shape index (κ2) is 5.93. The van der Waals surface area contributed by atoms with Crippen molar-refractivity contribution in [1.29, 1.82) is 0 Å². The summed E-state index contributed by atoms with van der Waals surface area (Å²) >= 11 is 3.32. The number of pyridine rings is 1. The van der Waals surface area contributed by atoms with E-state index in [1.165, 1.54) is 12.1 Å². The minimum atomic E-state index is -0.318. The fourth-order valence-electron chi connectivity index (χ4n) is 1.55. The molecule has 3 nitrogen and oxygen atoms in total. The van der Waals surface area contributed by atoms with E-state index in [4.69, 9.17) is 10.5 Å². The molecule has 0 spiro atoms. The minimum absolute atomic E-state index is 0.279. The number of benzene rings is 1. The van der Waals surface area contributed by atoms with Gasteiger partial charge in [-0.15, -0.1) is 0 Å². The van der Waals surface area contributed by atoms with E-state index >= 15 is 0 Å². The molecule has 0 fully saturated rings. The number of hydrogen-bond acceptors (Lipinski definition) is 3. The topological polar surface area (TPSA) is 48.1 Å². The quantitative estimate of drug-likeness (QED) is 0.944. The van der Waals surface area contributed by atoms with Gasteiger partial charge in [-0.1, -0.05) is 12.1 Å². The monoisotopic (exact) mass is 310 g/mol. The molecule has 2 rings (SSSR count). The van der Waals surface area contributed by atoms with Gasteiger partial charge >= 0.3 is 0 Å². The maximum atomic E-state index is 12.8. The number of ether oxygens (including phenoxy) is 1. The summed E-state index contributed by atoms with van der Waals surface area (Å²) in [4.78, 5) is 4.01. The molecular formula is C13H12BrFN2O. The lowest BCUT2D eigenvalue weighted by Gasteiger charge is -2.17. The van der Waals surface area contributed by atoms with E-state index in [-0.39, 0.29) is 11.9 Å². The summed E-state index contributed by atoms with van der Waals surface area (Å²) < 4.78 is 19.4. The molecule has 0 aliphatic carbocycles. The highest BCUT2D eigenvalue weighted by Gasteiger charge is 2.11. The molecule has 18 heavy (non-hydrogen) atoms. The first-order chi connectivity index (χ1) is 8.69. The lowest BCUT2D eigenvalue weighted by atomic mass is 10.1. The third-order valence-corrected chi connectivity index (χ3v) is 2.85. The number of hydrogen-bond donors (Lipinski definition) is 1. The van der Waals surface area contributed by atoms with Crippen LogP contribution in [0.2, 0.25) is 0 Å². The molecule has 1 aromatic heterocycles. The third-order valence-electron chi connectivity index (χ3n) is 2.41. The normalized spacial score (nSPS) is 12.2. The van der Waals surface area contributed by atoms with Crippen LogP contribution in [0.3, 0.4) is 0 Å². The zero-order chi connectivity index (χ0) is 13.0. The Morgan fingerprint density at radius 1 is 1.28 bits per heavy atom. The average Bonchev–Trinajstić information content (AvgIpc) is 2.37. The molecule has 0 aliphatic rings.